The van der Waals surface area contributed by atoms with Crippen molar-refractivity contribution in [3.8, 4) is 0 Å². The fourth-order valence-corrected chi connectivity index (χ4v) is 6.50. The number of rotatable bonds is 0. The highest BCUT2D eigenvalue weighted by Crippen LogP contribution is 2.64. The van der Waals surface area contributed by atoms with Crippen LogP contribution < -0.4 is 0 Å². The van der Waals surface area contributed by atoms with Crippen molar-refractivity contribution in [2.24, 2.45) is 34.5 Å². The fourth-order valence-electron chi connectivity index (χ4n) is 6.50. The first-order valence-corrected chi connectivity index (χ1v) is 8.94. The molecule has 4 aliphatic rings. The minimum atomic E-state index is -0.246. The monoisotopic (exact) mass is 302 g/mol. The van der Waals surface area contributed by atoms with E-state index in [0.717, 1.165) is 25.7 Å². The second-order valence-corrected chi connectivity index (χ2v) is 8.77. The van der Waals surface area contributed by atoms with Crippen LogP contribution in [0.2, 0.25) is 0 Å². The van der Waals surface area contributed by atoms with Gasteiger partial charge < -0.3 is 0 Å². The summed E-state index contributed by atoms with van der Waals surface area (Å²) in [7, 11) is 0. The minimum Gasteiger partial charge on any atom is -0.300 e. The molecule has 0 aliphatic heterocycles. The summed E-state index contributed by atoms with van der Waals surface area (Å²) in [6, 6.07) is 0. The Labute approximate surface area is 132 Å². The lowest BCUT2D eigenvalue weighted by atomic mass is 9.45. The number of ketones is 3. The zero-order valence-corrected chi connectivity index (χ0v) is 13.7. The van der Waals surface area contributed by atoms with Crippen molar-refractivity contribution in [2.45, 2.75) is 65.2 Å². The first kappa shape index (κ1) is 14.6. The van der Waals surface area contributed by atoms with E-state index >= 15 is 0 Å². The van der Waals surface area contributed by atoms with Crippen LogP contribution in [0.3, 0.4) is 0 Å². The van der Waals surface area contributed by atoms with Crippen molar-refractivity contribution in [3.05, 3.63) is 0 Å². The van der Waals surface area contributed by atoms with Crippen LogP contribution in [0.4, 0.5) is 0 Å². The third kappa shape index (κ3) is 1.71. The number of hydrogen-bond acceptors (Lipinski definition) is 3. The van der Waals surface area contributed by atoms with Crippen LogP contribution in [0.5, 0.6) is 0 Å². The fraction of sp³-hybridized carbons (Fsp3) is 0.842. The number of Topliss-reactive ketones (excluding diaryl/α,β-unsaturated/α-hetero) is 3. The minimum absolute atomic E-state index is 0.0830. The lowest BCUT2D eigenvalue weighted by Crippen LogP contribution is -2.57. The van der Waals surface area contributed by atoms with E-state index in [-0.39, 0.29) is 28.6 Å². The van der Waals surface area contributed by atoms with Gasteiger partial charge in [-0.25, -0.2) is 0 Å². The van der Waals surface area contributed by atoms with Crippen LogP contribution in [-0.2, 0) is 14.4 Å². The molecular formula is C19H26O3. The summed E-state index contributed by atoms with van der Waals surface area (Å²) < 4.78 is 0. The molecule has 4 fully saturated rings. The molecule has 120 valence electrons. The number of carbonyl (C=O) groups excluding carboxylic acids is 3. The molecule has 0 spiro atoms. The van der Waals surface area contributed by atoms with Gasteiger partial charge in [0.25, 0.3) is 0 Å². The summed E-state index contributed by atoms with van der Waals surface area (Å²) in [4.78, 5) is 37.1. The highest BCUT2D eigenvalue weighted by atomic mass is 16.1. The largest absolute Gasteiger partial charge is 0.300 e. The Morgan fingerprint density at radius 2 is 1.68 bits per heavy atom. The Hall–Kier alpha value is -0.990. The average Bonchev–Trinajstić information content (AvgIpc) is 2.77. The third-order valence-corrected chi connectivity index (χ3v) is 8.00. The van der Waals surface area contributed by atoms with Crippen LogP contribution in [0.1, 0.15) is 65.2 Å². The van der Waals surface area contributed by atoms with Crippen LogP contribution in [0.15, 0.2) is 0 Å². The molecular weight excluding hydrogens is 276 g/mol. The van der Waals surface area contributed by atoms with Gasteiger partial charge in [0.15, 0.2) is 0 Å². The van der Waals surface area contributed by atoms with Gasteiger partial charge in [-0.15, -0.1) is 0 Å². The molecule has 6 atom stereocenters. The maximum atomic E-state index is 12.9. The Balaban J connectivity index is 1.72. The predicted octanol–water partition coefficient (Wildman–Crippen LogP) is 3.35. The zero-order valence-electron chi connectivity index (χ0n) is 13.7. The van der Waals surface area contributed by atoms with Gasteiger partial charge in [-0.05, 0) is 48.9 Å². The average molecular weight is 302 g/mol. The quantitative estimate of drug-likeness (QED) is 0.689. The van der Waals surface area contributed by atoms with Crippen molar-refractivity contribution in [1.29, 1.82) is 0 Å². The highest BCUT2D eigenvalue weighted by Gasteiger charge is 2.62. The van der Waals surface area contributed by atoms with Gasteiger partial charge in [-0.1, -0.05) is 13.8 Å². The second kappa shape index (κ2) is 4.52. The van der Waals surface area contributed by atoms with Crippen LogP contribution in [-0.4, -0.2) is 17.3 Å². The SMILES string of the molecule is C[C@@]12CCC(=O)C[C@@H]1CC(=O)[C@H]1[C@H]2CC[C@]2(C)C(=O)CC[C@@H]12. The van der Waals surface area contributed by atoms with E-state index in [1.54, 1.807) is 0 Å². The Morgan fingerprint density at radius 1 is 0.909 bits per heavy atom. The smallest absolute Gasteiger partial charge is 0.139 e. The molecule has 0 aromatic rings. The maximum Gasteiger partial charge on any atom is 0.139 e. The van der Waals surface area contributed by atoms with Crippen molar-refractivity contribution in [2.75, 3.05) is 0 Å². The molecule has 0 bridgehead atoms. The first-order chi connectivity index (χ1) is 10.4. The molecule has 0 radical (unpaired) electrons. The topological polar surface area (TPSA) is 51.2 Å². The molecule has 3 heteroatoms. The summed E-state index contributed by atoms with van der Waals surface area (Å²) >= 11 is 0. The summed E-state index contributed by atoms with van der Waals surface area (Å²) in [6.07, 6.45) is 6.32. The van der Waals surface area contributed by atoms with E-state index < -0.39 is 0 Å². The molecule has 0 heterocycles. The predicted molar refractivity (Wildman–Crippen MR) is 82.1 cm³/mol. The van der Waals surface area contributed by atoms with Crippen molar-refractivity contribution in [3.63, 3.8) is 0 Å². The van der Waals surface area contributed by atoms with Gasteiger partial charge in [0.2, 0.25) is 0 Å². The van der Waals surface area contributed by atoms with Crippen LogP contribution in [0.25, 0.3) is 0 Å². The van der Waals surface area contributed by atoms with Gasteiger partial charge in [0.1, 0.15) is 17.3 Å². The van der Waals surface area contributed by atoms with Crippen molar-refractivity contribution < 1.29 is 14.4 Å². The molecule has 4 rings (SSSR count). The molecule has 0 aromatic carbocycles. The zero-order chi connectivity index (χ0) is 15.7. The molecule has 4 aliphatic carbocycles. The maximum absolute atomic E-state index is 12.9. The second-order valence-electron chi connectivity index (χ2n) is 8.77. The normalized spacial score (nSPS) is 51.3. The Bertz CT molecular complexity index is 565. The molecule has 0 saturated heterocycles. The summed E-state index contributed by atoms with van der Waals surface area (Å²) in [6.45, 7) is 4.43. The van der Waals surface area contributed by atoms with E-state index in [1.807, 2.05) is 0 Å². The van der Waals surface area contributed by atoms with Gasteiger partial charge in [0.05, 0.1) is 0 Å². The van der Waals surface area contributed by atoms with E-state index in [4.69, 9.17) is 0 Å². The molecule has 0 amide bonds. The number of carbonyl (C=O) groups is 3. The number of hydrogen-bond donors (Lipinski definition) is 0. The highest BCUT2D eigenvalue weighted by molar-refractivity contribution is 5.91. The molecule has 0 aromatic heterocycles. The standard InChI is InChI=1S/C19H26O3/c1-18-7-5-12(20)9-11(18)10-15(21)17-13-3-4-16(22)19(13,2)8-6-14(17)18/h11,13-14,17H,3-10H2,1-2H3/t11-,13+,14-,17-,18-,19+/m1/s1. The molecule has 4 saturated carbocycles. The molecule has 3 nitrogen and oxygen atoms in total. The Kier molecular flexibility index (Phi) is 3.00. The van der Waals surface area contributed by atoms with E-state index in [9.17, 15) is 14.4 Å². The summed E-state index contributed by atoms with van der Waals surface area (Å²) in [5, 5.41) is 0. The van der Waals surface area contributed by atoms with Crippen LogP contribution in [0, 0.1) is 34.5 Å². The van der Waals surface area contributed by atoms with Crippen LogP contribution >= 0.6 is 0 Å². The Morgan fingerprint density at radius 3 is 2.45 bits per heavy atom. The molecule has 22 heavy (non-hydrogen) atoms. The van der Waals surface area contributed by atoms with Gasteiger partial charge >= 0.3 is 0 Å². The molecule has 0 N–H and O–H groups in total. The van der Waals surface area contributed by atoms with E-state index in [0.29, 0.717) is 49.0 Å². The van der Waals surface area contributed by atoms with Crippen molar-refractivity contribution in [1.82, 2.24) is 0 Å². The van der Waals surface area contributed by atoms with Crippen molar-refractivity contribution >= 4 is 17.3 Å². The van der Waals surface area contributed by atoms with E-state index in [2.05, 4.69) is 13.8 Å². The van der Waals surface area contributed by atoms with Gasteiger partial charge in [-0.3, -0.25) is 14.4 Å². The first-order valence-electron chi connectivity index (χ1n) is 8.94. The third-order valence-electron chi connectivity index (χ3n) is 8.00. The summed E-state index contributed by atoms with van der Waals surface area (Å²) in [5.41, 5.74) is -0.107. The van der Waals surface area contributed by atoms with Gasteiger partial charge in [0, 0.05) is 37.0 Å². The van der Waals surface area contributed by atoms with Gasteiger partial charge in [-0.2, -0.15) is 0 Å². The lowest BCUT2D eigenvalue weighted by molar-refractivity contribution is -0.158. The lowest BCUT2D eigenvalue weighted by Gasteiger charge is -2.58. The molecule has 0 unspecified atom stereocenters. The summed E-state index contributed by atoms with van der Waals surface area (Å²) in [5.74, 6) is 2.08. The van der Waals surface area contributed by atoms with E-state index in [1.165, 1.54) is 0 Å². The number of fused-ring (bicyclic) bond motifs is 5.